The monoisotopic (exact) mass is 285 g/mol. The predicted molar refractivity (Wildman–Crippen MR) is 64.2 cm³/mol. The van der Waals surface area contributed by atoms with Crippen molar-refractivity contribution in [2.24, 2.45) is 5.73 Å². The molecule has 3 nitrogen and oxygen atoms in total. The average molecular weight is 287 g/mol. The van der Waals surface area contributed by atoms with Crippen molar-refractivity contribution in [3.63, 3.8) is 0 Å². The minimum Gasteiger partial charge on any atom is -0.325 e. The second kappa shape index (κ2) is 4.35. The van der Waals surface area contributed by atoms with E-state index >= 15 is 0 Å². The number of nitrogens with zero attached hydrogens (tertiary/aromatic N) is 2. The highest BCUT2D eigenvalue weighted by atomic mass is 79.9. The number of benzene rings is 1. The summed E-state index contributed by atoms with van der Waals surface area (Å²) >= 11 is 9.45. The first-order valence-corrected chi connectivity index (χ1v) is 5.58. The maximum Gasteiger partial charge on any atom is 0.0832 e. The lowest BCUT2D eigenvalue weighted by Gasteiger charge is -2.04. The van der Waals surface area contributed by atoms with Crippen LogP contribution in [0.2, 0.25) is 5.02 Å². The van der Waals surface area contributed by atoms with Crippen LogP contribution in [0.25, 0.3) is 5.69 Å². The Labute approximate surface area is 101 Å². The summed E-state index contributed by atoms with van der Waals surface area (Å²) in [6, 6.07) is 7.53. The molecular formula is C10H9BrClN3. The summed E-state index contributed by atoms with van der Waals surface area (Å²) in [5, 5.41) is 4.93. The molecule has 0 saturated carbocycles. The Bertz CT molecular complexity index is 481. The molecule has 15 heavy (non-hydrogen) atoms. The molecule has 0 aliphatic carbocycles. The zero-order valence-corrected chi connectivity index (χ0v) is 10.2. The van der Waals surface area contributed by atoms with Gasteiger partial charge in [0.1, 0.15) is 0 Å². The van der Waals surface area contributed by atoms with Gasteiger partial charge in [0.25, 0.3) is 0 Å². The maximum atomic E-state index is 6.09. The third kappa shape index (κ3) is 2.22. The van der Waals surface area contributed by atoms with Gasteiger partial charge >= 0.3 is 0 Å². The molecule has 0 amide bonds. The van der Waals surface area contributed by atoms with Crippen LogP contribution in [0.1, 0.15) is 5.69 Å². The maximum absolute atomic E-state index is 6.09. The van der Waals surface area contributed by atoms with Crippen LogP contribution in [0, 0.1) is 0 Å². The zero-order chi connectivity index (χ0) is 10.8. The van der Waals surface area contributed by atoms with Crippen LogP contribution in [0.5, 0.6) is 0 Å². The highest BCUT2D eigenvalue weighted by Gasteiger charge is 2.04. The molecule has 0 unspecified atom stereocenters. The lowest BCUT2D eigenvalue weighted by Crippen LogP contribution is -2.00. The topological polar surface area (TPSA) is 43.8 Å². The van der Waals surface area contributed by atoms with E-state index < -0.39 is 0 Å². The lowest BCUT2D eigenvalue weighted by atomic mass is 10.3. The van der Waals surface area contributed by atoms with Gasteiger partial charge in [-0.15, -0.1) is 0 Å². The van der Waals surface area contributed by atoms with Gasteiger partial charge in [-0.3, -0.25) is 0 Å². The van der Waals surface area contributed by atoms with Gasteiger partial charge in [-0.2, -0.15) is 5.10 Å². The number of nitrogens with two attached hydrogens (primary N) is 1. The van der Waals surface area contributed by atoms with E-state index in [1.807, 2.05) is 30.5 Å². The first-order valence-electron chi connectivity index (χ1n) is 4.41. The Morgan fingerprint density at radius 1 is 1.40 bits per heavy atom. The van der Waals surface area contributed by atoms with Crippen LogP contribution < -0.4 is 5.73 Å². The molecule has 0 aliphatic heterocycles. The molecule has 2 N–H and O–H groups in total. The van der Waals surface area contributed by atoms with Crippen molar-refractivity contribution in [2.45, 2.75) is 6.54 Å². The summed E-state index contributed by atoms with van der Waals surface area (Å²) in [7, 11) is 0. The lowest BCUT2D eigenvalue weighted by molar-refractivity contribution is 0.833. The molecule has 78 valence electrons. The Morgan fingerprint density at radius 2 is 2.20 bits per heavy atom. The van der Waals surface area contributed by atoms with Gasteiger partial charge in [-0.1, -0.05) is 27.5 Å². The standard InChI is InChI=1S/C10H9BrClN3/c11-7-1-2-10(9(12)5-7)15-4-3-8(6-13)14-15/h1-5H,6,13H2. The van der Waals surface area contributed by atoms with E-state index in [4.69, 9.17) is 17.3 Å². The van der Waals surface area contributed by atoms with E-state index in [1.165, 1.54) is 0 Å². The molecule has 0 saturated heterocycles. The average Bonchev–Trinajstić information content (AvgIpc) is 2.66. The summed E-state index contributed by atoms with van der Waals surface area (Å²) in [6.07, 6.45) is 1.84. The normalized spacial score (nSPS) is 10.6. The van der Waals surface area contributed by atoms with Crippen LogP contribution in [-0.4, -0.2) is 9.78 Å². The Morgan fingerprint density at radius 3 is 2.80 bits per heavy atom. The summed E-state index contributed by atoms with van der Waals surface area (Å²) in [6.45, 7) is 0.432. The molecule has 0 aliphatic rings. The smallest absolute Gasteiger partial charge is 0.0832 e. The van der Waals surface area contributed by atoms with Crippen molar-refractivity contribution in [3.05, 3.63) is 45.7 Å². The SMILES string of the molecule is NCc1ccn(-c2ccc(Br)cc2Cl)n1. The highest BCUT2D eigenvalue weighted by molar-refractivity contribution is 9.10. The highest BCUT2D eigenvalue weighted by Crippen LogP contribution is 2.24. The molecule has 0 atom stereocenters. The van der Waals surface area contributed by atoms with E-state index in [1.54, 1.807) is 4.68 Å². The van der Waals surface area contributed by atoms with Crippen molar-refractivity contribution in [1.29, 1.82) is 0 Å². The van der Waals surface area contributed by atoms with Crippen molar-refractivity contribution in [3.8, 4) is 5.69 Å². The summed E-state index contributed by atoms with van der Waals surface area (Å²) < 4.78 is 2.67. The Hall–Kier alpha value is -0.840. The fraction of sp³-hybridized carbons (Fsp3) is 0.100. The van der Waals surface area contributed by atoms with Gasteiger partial charge in [-0.05, 0) is 24.3 Å². The molecule has 5 heteroatoms. The van der Waals surface area contributed by atoms with E-state index in [0.717, 1.165) is 15.9 Å². The Balaban J connectivity index is 2.44. The number of hydrogen-bond donors (Lipinski definition) is 1. The van der Waals surface area contributed by atoms with Gasteiger partial charge in [0, 0.05) is 17.2 Å². The zero-order valence-electron chi connectivity index (χ0n) is 7.82. The van der Waals surface area contributed by atoms with Crippen LogP contribution in [0.15, 0.2) is 34.9 Å². The van der Waals surface area contributed by atoms with Crippen molar-refractivity contribution < 1.29 is 0 Å². The molecule has 2 aromatic rings. The second-order valence-electron chi connectivity index (χ2n) is 3.05. The fourth-order valence-electron chi connectivity index (χ4n) is 1.27. The molecule has 1 aromatic heterocycles. The van der Waals surface area contributed by atoms with Crippen molar-refractivity contribution >= 4 is 27.5 Å². The van der Waals surface area contributed by atoms with Gasteiger partial charge < -0.3 is 5.73 Å². The number of hydrogen-bond acceptors (Lipinski definition) is 2. The van der Waals surface area contributed by atoms with Gasteiger partial charge in [0.15, 0.2) is 0 Å². The summed E-state index contributed by atoms with van der Waals surface area (Å²) in [4.78, 5) is 0. The van der Waals surface area contributed by atoms with Crippen LogP contribution in [0.3, 0.4) is 0 Å². The van der Waals surface area contributed by atoms with E-state index in [2.05, 4.69) is 21.0 Å². The number of aromatic nitrogens is 2. The molecule has 0 fully saturated rings. The van der Waals surface area contributed by atoms with E-state index in [0.29, 0.717) is 11.6 Å². The first kappa shape index (κ1) is 10.7. The first-order chi connectivity index (χ1) is 7.20. The predicted octanol–water partition coefficient (Wildman–Crippen LogP) is 2.75. The number of rotatable bonds is 2. The van der Waals surface area contributed by atoms with Crippen LogP contribution >= 0.6 is 27.5 Å². The molecular weight excluding hydrogens is 277 g/mol. The third-order valence-corrected chi connectivity index (χ3v) is 2.81. The van der Waals surface area contributed by atoms with Crippen molar-refractivity contribution in [2.75, 3.05) is 0 Å². The molecule has 1 aromatic carbocycles. The van der Waals surface area contributed by atoms with Gasteiger partial charge in [0.2, 0.25) is 0 Å². The minimum absolute atomic E-state index is 0.432. The Kier molecular flexibility index (Phi) is 3.09. The summed E-state index contributed by atoms with van der Waals surface area (Å²) in [5.41, 5.74) is 7.18. The molecule has 1 heterocycles. The molecule has 2 rings (SSSR count). The van der Waals surface area contributed by atoms with Crippen LogP contribution in [0.4, 0.5) is 0 Å². The quantitative estimate of drug-likeness (QED) is 0.922. The number of halogens is 2. The minimum atomic E-state index is 0.432. The van der Waals surface area contributed by atoms with E-state index in [-0.39, 0.29) is 0 Å². The molecule has 0 radical (unpaired) electrons. The third-order valence-electron chi connectivity index (χ3n) is 2.01. The summed E-state index contributed by atoms with van der Waals surface area (Å²) in [5.74, 6) is 0. The van der Waals surface area contributed by atoms with Crippen molar-refractivity contribution in [1.82, 2.24) is 9.78 Å². The second-order valence-corrected chi connectivity index (χ2v) is 4.37. The van der Waals surface area contributed by atoms with Gasteiger partial charge in [0.05, 0.1) is 16.4 Å². The van der Waals surface area contributed by atoms with Crippen LogP contribution in [-0.2, 0) is 6.54 Å². The molecule has 0 spiro atoms. The molecule has 0 bridgehead atoms. The van der Waals surface area contributed by atoms with E-state index in [9.17, 15) is 0 Å². The largest absolute Gasteiger partial charge is 0.325 e. The van der Waals surface area contributed by atoms with Gasteiger partial charge in [-0.25, -0.2) is 4.68 Å². The fourth-order valence-corrected chi connectivity index (χ4v) is 2.03.